The molecule has 0 amide bonds. The molecule has 3 aromatic heterocycles. The lowest BCUT2D eigenvalue weighted by molar-refractivity contribution is 0.304. The van der Waals surface area contributed by atoms with Crippen LogP contribution in [0.1, 0.15) is 37.8 Å². The molecule has 2 N–H and O–H groups in total. The number of hydrogen-bond donors (Lipinski definition) is 2. The number of nitrogens with one attached hydrogen (secondary N) is 2. The van der Waals surface area contributed by atoms with Crippen LogP contribution >= 0.6 is 0 Å². The number of furan rings is 1. The number of amidine groups is 1. The fourth-order valence-electron chi connectivity index (χ4n) is 4.24. The molecular formula is C31H32N6O2. The molecule has 0 aliphatic heterocycles. The molecule has 0 atom stereocenters. The summed E-state index contributed by atoms with van der Waals surface area (Å²) >= 11 is 0. The van der Waals surface area contributed by atoms with Gasteiger partial charge in [0.25, 0.3) is 0 Å². The average molecular weight is 521 g/mol. The van der Waals surface area contributed by atoms with Gasteiger partial charge in [-0.15, -0.1) is 0 Å². The quantitative estimate of drug-likeness (QED) is 0.0978. The van der Waals surface area contributed by atoms with E-state index in [0.717, 1.165) is 66.5 Å². The number of rotatable bonds is 13. The first-order valence-corrected chi connectivity index (χ1v) is 13.3. The van der Waals surface area contributed by atoms with E-state index in [2.05, 4.69) is 20.4 Å². The zero-order valence-corrected chi connectivity index (χ0v) is 21.8. The van der Waals surface area contributed by atoms with Crippen LogP contribution in [-0.4, -0.2) is 32.2 Å². The zero-order chi connectivity index (χ0) is 26.7. The van der Waals surface area contributed by atoms with Gasteiger partial charge >= 0.3 is 0 Å². The molecular weight excluding hydrogens is 488 g/mol. The van der Waals surface area contributed by atoms with Crippen molar-refractivity contribution in [3.8, 4) is 28.4 Å². The summed E-state index contributed by atoms with van der Waals surface area (Å²) in [6, 6.07) is 25.3. The number of pyridine rings is 1. The van der Waals surface area contributed by atoms with Crippen molar-refractivity contribution in [2.24, 2.45) is 0 Å². The lowest BCUT2D eigenvalue weighted by atomic mass is 10.1. The van der Waals surface area contributed by atoms with Gasteiger partial charge in [0.15, 0.2) is 0 Å². The van der Waals surface area contributed by atoms with Gasteiger partial charge in [0.05, 0.1) is 6.61 Å². The van der Waals surface area contributed by atoms with Crippen molar-refractivity contribution < 1.29 is 9.15 Å². The van der Waals surface area contributed by atoms with Crippen LogP contribution in [0.25, 0.3) is 22.6 Å². The largest absolute Gasteiger partial charge is 0.494 e. The van der Waals surface area contributed by atoms with Gasteiger partial charge in [0.1, 0.15) is 41.5 Å². The van der Waals surface area contributed by atoms with Crippen molar-refractivity contribution >= 4 is 11.5 Å². The molecule has 5 aromatic rings. The smallest absolute Gasteiger partial charge is 0.148 e. The lowest BCUT2D eigenvalue weighted by Crippen LogP contribution is -2.13. The normalized spacial score (nSPS) is 10.9. The summed E-state index contributed by atoms with van der Waals surface area (Å²) in [6.07, 6.45) is 10.7. The van der Waals surface area contributed by atoms with E-state index in [4.69, 9.17) is 14.6 Å². The van der Waals surface area contributed by atoms with Crippen LogP contribution in [0.15, 0.2) is 102 Å². The SMILES string of the molecule is N=C(Nc1ccc(-c2ccc(-c3ccc(OCCCCCCCn4cncn4)cc3)o2)cc1)c1ccccn1. The first-order chi connectivity index (χ1) is 19.2. The summed E-state index contributed by atoms with van der Waals surface area (Å²) in [5.74, 6) is 2.72. The molecule has 0 spiro atoms. The fraction of sp³-hybridized carbons (Fsp3) is 0.226. The van der Waals surface area contributed by atoms with Crippen molar-refractivity contribution in [1.82, 2.24) is 19.7 Å². The van der Waals surface area contributed by atoms with E-state index in [1.165, 1.54) is 12.8 Å². The summed E-state index contributed by atoms with van der Waals surface area (Å²) in [5.41, 5.74) is 3.39. The van der Waals surface area contributed by atoms with Crippen LogP contribution in [0, 0.1) is 5.41 Å². The molecule has 39 heavy (non-hydrogen) atoms. The molecule has 3 heterocycles. The van der Waals surface area contributed by atoms with E-state index in [1.807, 2.05) is 77.5 Å². The maximum Gasteiger partial charge on any atom is 0.148 e. The Morgan fingerprint density at radius 3 is 2.23 bits per heavy atom. The maximum atomic E-state index is 8.19. The third kappa shape index (κ3) is 7.41. The van der Waals surface area contributed by atoms with Gasteiger partial charge in [-0.3, -0.25) is 15.1 Å². The minimum Gasteiger partial charge on any atom is -0.494 e. The van der Waals surface area contributed by atoms with Gasteiger partial charge in [-0.2, -0.15) is 5.10 Å². The van der Waals surface area contributed by atoms with Crippen molar-refractivity contribution in [2.45, 2.75) is 38.6 Å². The summed E-state index contributed by atoms with van der Waals surface area (Å²) in [5, 5.41) is 15.4. The minimum atomic E-state index is 0.256. The highest BCUT2D eigenvalue weighted by molar-refractivity contribution is 6.04. The molecule has 2 aromatic carbocycles. The highest BCUT2D eigenvalue weighted by Crippen LogP contribution is 2.30. The second-order valence-electron chi connectivity index (χ2n) is 9.26. The van der Waals surface area contributed by atoms with E-state index in [9.17, 15) is 0 Å². The summed E-state index contributed by atoms with van der Waals surface area (Å²) in [6.45, 7) is 1.66. The standard InChI is InChI=1S/C31H32N6O2/c32-31(28-8-4-5-19-34-28)36-26-13-9-24(10-14-26)29-17-18-30(39-29)25-11-15-27(16-12-25)38-21-7-3-1-2-6-20-37-23-33-22-35-37/h4-5,8-19,22-23H,1-3,6-7,20-21H2,(H2,32,36). The number of anilines is 1. The monoisotopic (exact) mass is 520 g/mol. The van der Waals surface area contributed by atoms with Crippen LogP contribution < -0.4 is 10.1 Å². The van der Waals surface area contributed by atoms with Gasteiger partial charge in [-0.1, -0.05) is 25.3 Å². The summed E-state index contributed by atoms with van der Waals surface area (Å²) < 4.78 is 13.9. The van der Waals surface area contributed by atoms with E-state index in [1.54, 1.807) is 24.9 Å². The number of nitrogens with zero attached hydrogens (tertiary/aromatic N) is 4. The first-order valence-electron chi connectivity index (χ1n) is 13.3. The van der Waals surface area contributed by atoms with E-state index in [0.29, 0.717) is 5.69 Å². The minimum absolute atomic E-state index is 0.256. The van der Waals surface area contributed by atoms with Crippen molar-refractivity contribution in [2.75, 3.05) is 11.9 Å². The van der Waals surface area contributed by atoms with Crippen LogP contribution in [0.3, 0.4) is 0 Å². The van der Waals surface area contributed by atoms with Crippen LogP contribution in [0.2, 0.25) is 0 Å². The molecule has 0 unspecified atom stereocenters. The van der Waals surface area contributed by atoms with Gasteiger partial charge in [0.2, 0.25) is 0 Å². The molecule has 198 valence electrons. The highest BCUT2D eigenvalue weighted by Gasteiger charge is 2.09. The molecule has 0 saturated carbocycles. The van der Waals surface area contributed by atoms with Crippen LogP contribution in [0.4, 0.5) is 5.69 Å². The molecule has 0 aliphatic rings. The van der Waals surface area contributed by atoms with Crippen molar-refractivity contribution in [3.05, 3.63) is 103 Å². The van der Waals surface area contributed by atoms with Gasteiger partial charge < -0.3 is 14.5 Å². The first kappa shape index (κ1) is 25.9. The second-order valence-corrected chi connectivity index (χ2v) is 9.26. The molecule has 8 nitrogen and oxygen atoms in total. The van der Waals surface area contributed by atoms with E-state index < -0.39 is 0 Å². The third-order valence-corrected chi connectivity index (χ3v) is 6.37. The molecule has 0 fully saturated rings. The predicted octanol–water partition coefficient (Wildman–Crippen LogP) is 7.07. The Kier molecular flexibility index (Phi) is 8.76. The number of aromatic nitrogens is 4. The fourth-order valence-corrected chi connectivity index (χ4v) is 4.24. The Morgan fingerprint density at radius 2 is 1.54 bits per heavy atom. The molecule has 0 radical (unpaired) electrons. The summed E-state index contributed by atoms with van der Waals surface area (Å²) in [7, 11) is 0. The number of aryl methyl sites for hydroxylation is 1. The predicted molar refractivity (Wildman–Crippen MR) is 153 cm³/mol. The number of hydrogen-bond acceptors (Lipinski definition) is 6. The van der Waals surface area contributed by atoms with Crippen LogP contribution in [0.5, 0.6) is 5.75 Å². The van der Waals surface area contributed by atoms with Gasteiger partial charge in [-0.05, 0) is 85.6 Å². The zero-order valence-electron chi connectivity index (χ0n) is 21.8. The molecule has 0 aliphatic carbocycles. The lowest BCUT2D eigenvalue weighted by Gasteiger charge is -2.08. The van der Waals surface area contributed by atoms with Crippen molar-refractivity contribution in [3.63, 3.8) is 0 Å². The van der Waals surface area contributed by atoms with Gasteiger partial charge in [-0.25, -0.2) is 4.98 Å². The highest BCUT2D eigenvalue weighted by atomic mass is 16.5. The number of ether oxygens (including phenoxy) is 1. The summed E-state index contributed by atoms with van der Waals surface area (Å²) in [4.78, 5) is 8.17. The van der Waals surface area contributed by atoms with E-state index >= 15 is 0 Å². The molecule has 8 heteroatoms. The third-order valence-electron chi connectivity index (χ3n) is 6.37. The second kappa shape index (κ2) is 13.2. The Morgan fingerprint density at radius 1 is 0.821 bits per heavy atom. The molecule has 5 rings (SSSR count). The Labute approximate surface area is 228 Å². The molecule has 0 saturated heterocycles. The van der Waals surface area contributed by atoms with Crippen LogP contribution in [-0.2, 0) is 6.54 Å². The Balaban J connectivity index is 1.05. The number of unbranched alkanes of at least 4 members (excludes halogenated alkanes) is 4. The number of benzene rings is 2. The maximum absolute atomic E-state index is 8.19. The Bertz CT molecular complexity index is 1430. The topological polar surface area (TPSA) is 102 Å². The average Bonchev–Trinajstić information content (AvgIpc) is 3.69. The van der Waals surface area contributed by atoms with Crippen molar-refractivity contribution in [1.29, 1.82) is 5.41 Å². The Hall–Kier alpha value is -4.72. The van der Waals surface area contributed by atoms with Gasteiger partial charge in [0, 0.05) is 29.6 Å². The van der Waals surface area contributed by atoms with E-state index in [-0.39, 0.29) is 5.84 Å². The molecule has 0 bridgehead atoms.